The van der Waals surface area contributed by atoms with Gasteiger partial charge in [0.05, 0.1) is 17.3 Å². The van der Waals surface area contributed by atoms with Gasteiger partial charge in [-0.3, -0.25) is 9.59 Å². The first-order valence-electron chi connectivity index (χ1n) is 13.3. The number of aromatic nitrogens is 3. The van der Waals surface area contributed by atoms with Gasteiger partial charge in [-0.15, -0.1) is 0 Å². The minimum absolute atomic E-state index is 0.0575. The lowest BCUT2D eigenvalue weighted by atomic mass is 10.0. The zero-order chi connectivity index (χ0) is 28.0. The van der Waals surface area contributed by atoms with Crippen molar-refractivity contribution in [2.24, 2.45) is 7.05 Å². The number of carbonyl (C=O) groups is 2. The highest BCUT2D eigenvalue weighted by Crippen LogP contribution is 2.29. The second kappa shape index (κ2) is 10.4. The molecule has 2 aromatic carbocycles. The first-order chi connectivity index (χ1) is 19.3. The number of hydrogen-bond acceptors (Lipinski definition) is 8. The number of fused-ring (bicyclic) bond motifs is 2. The molecule has 0 radical (unpaired) electrons. The van der Waals surface area contributed by atoms with Crippen LogP contribution in [0, 0.1) is 6.92 Å². The smallest absolute Gasteiger partial charge is 0.322 e. The molecule has 4 aromatic rings. The number of aryl methyl sites for hydroxylation is 2. The van der Waals surface area contributed by atoms with Crippen molar-refractivity contribution < 1.29 is 14.3 Å². The Balaban J connectivity index is 1.14. The van der Waals surface area contributed by atoms with E-state index in [1.54, 1.807) is 30.9 Å². The summed E-state index contributed by atoms with van der Waals surface area (Å²) >= 11 is 1.13. The van der Waals surface area contributed by atoms with Crippen LogP contribution in [0.1, 0.15) is 40.0 Å². The van der Waals surface area contributed by atoms with Crippen molar-refractivity contribution in [3.8, 4) is 5.75 Å². The monoisotopic (exact) mass is 558 g/mol. The number of nitrogens with one attached hydrogen (secondary N) is 1. The van der Waals surface area contributed by atoms with Crippen LogP contribution < -0.4 is 19.8 Å². The summed E-state index contributed by atoms with van der Waals surface area (Å²) in [7, 11) is 3.38. The van der Waals surface area contributed by atoms with Gasteiger partial charge in [0.2, 0.25) is 5.78 Å². The number of thiazole rings is 1. The van der Waals surface area contributed by atoms with E-state index < -0.39 is 0 Å². The number of ether oxygens (including phenoxy) is 1. The van der Waals surface area contributed by atoms with Gasteiger partial charge in [0, 0.05) is 50.0 Å². The van der Waals surface area contributed by atoms with Crippen molar-refractivity contribution in [3.63, 3.8) is 0 Å². The molecule has 0 bridgehead atoms. The third-order valence-electron chi connectivity index (χ3n) is 7.89. The molecule has 11 heteroatoms. The topological polar surface area (TPSA) is 110 Å². The molecule has 0 aliphatic carbocycles. The summed E-state index contributed by atoms with van der Waals surface area (Å²) in [4.78, 5) is 51.3. The molecule has 206 valence electrons. The summed E-state index contributed by atoms with van der Waals surface area (Å²) in [6.07, 6.45) is 3.77. The van der Waals surface area contributed by atoms with Gasteiger partial charge in [-0.25, -0.2) is 14.8 Å². The lowest BCUT2D eigenvalue weighted by Gasteiger charge is -2.38. The van der Waals surface area contributed by atoms with Crippen LogP contribution in [0.3, 0.4) is 0 Å². The molecule has 0 saturated carbocycles. The first kappa shape index (κ1) is 26.0. The summed E-state index contributed by atoms with van der Waals surface area (Å²) in [5.74, 6) is 1.27. The van der Waals surface area contributed by atoms with E-state index >= 15 is 0 Å². The average Bonchev–Trinajstić information content (AvgIpc) is 3.15. The molecule has 2 amide bonds. The SMILES string of the molecule is COc1ccc2c(c1)CCN(C1CCN(c3cc(C(=O)c4cc(C)c5c(c4)sc(=O)n5C)ncn3)CC1)C(=O)N2. The standard InChI is InChI=1S/C29H30N6O4S/c1-17-12-19(14-24-26(17)33(2)29(38)40-24)27(36)23-15-25(31-16-30-23)34-9-7-20(8-10-34)35-11-6-18-13-21(39-3)4-5-22(18)32-28(35)37/h4-5,12-16,20H,6-11H2,1-3H3,(H,32,37). The van der Waals surface area contributed by atoms with Gasteiger partial charge in [-0.05, 0) is 67.6 Å². The molecule has 0 unspecified atom stereocenters. The fourth-order valence-electron chi connectivity index (χ4n) is 5.74. The van der Waals surface area contributed by atoms with Crippen LogP contribution in [0.2, 0.25) is 0 Å². The maximum atomic E-state index is 13.4. The molecule has 2 aliphatic rings. The number of ketones is 1. The van der Waals surface area contributed by atoms with E-state index in [-0.39, 0.29) is 22.7 Å². The van der Waals surface area contributed by atoms with E-state index in [1.807, 2.05) is 36.1 Å². The summed E-state index contributed by atoms with van der Waals surface area (Å²) in [5.41, 5.74) is 4.44. The number of nitrogens with zero attached hydrogens (tertiary/aromatic N) is 5. The van der Waals surface area contributed by atoms with Crippen molar-refractivity contribution in [1.82, 2.24) is 19.4 Å². The third kappa shape index (κ3) is 4.70. The lowest BCUT2D eigenvalue weighted by molar-refractivity contribution is 0.103. The maximum absolute atomic E-state index is 13.4. The van der Waals surface area contributed by atoms with Crippen molar-refractivity contribution in [1.29, 1.82) is 0 Å². The Hall–Kier alpha value is -4.25. The van der Waals surface area contributed by atoms with E-state index in [4.69, 9.17) is 4.74 Å². The second-order valence-electron chi connectivity index (χ2n) is 10.3. The fourth-order valence-corrected chi connectivity index (χ4v) is 6.74. The minimum Gasteiger partial charge on any atom is -0.497 e. The molecule has 1 fully saturated rings. The largest absolute Gasteiger partial charge is 0.497 e. The van der Waals surface area contributed by atoms with Gasteiger partial charge >= 0.3 is 10.9 Å². The predicted octanol–water partition coefficient (Wildman–Crippen LogP) is 4.00. The number of rotatable bonds is 5. The number of methoxy groups -OCH3 is 1. The first-order valence-corrected chi connectivity index (χ1v) is 14.1. The number of benzene rings is 2. The van der Waals surface area contributed by atoms with Crippen LogP contribution in [0.5, 0.6) is 5.75 Å². The van der Waals surface area contributed by atoms with Crippen LogP contribution in [-0.4, -0.2) is 64.0 Å². The van der Waals surface area contributed by atoms with Gasteiger partial charge in [0.1, 0.15) is 23.6 Å². The number of hydrogen-bond donors (Lipinski definition) is 1. The summed E-state index contributed by atoms with van der Waals surface area (Å²) in [5, 5.41) is 3.06. The Morgan fingerprint density at radius 2 is 1.88 bits per heavy atom. The van der Waals surface area contributed by atoms with E-state index in [1.165, 1.54) is 6.33 Å². The highest BCUT2D eigenvalue weighted by Gasteiger charge is 2.31. The van der Waals surface area contributed by atoms with Gasteiger partial charge in [-0.1, -0.05) is 11.3 Å². The average molecular weight is 559 g/mol. The third-order valence-corrected chi connectivity index (χ3v) is 8.87. The van der Waals surface area contributed by atoms with Gasteiger partial charge in [-0.2, -0.15) is 0 Å². The van der Waals surface area contributed by atoms with E-state index in [0.29, 0.717) is 36.7 Å². The Bertz CT molecular complexity index is 1690. The molecule has 40 heavy (non-hydrogen) atoms. The quantitative estimate of drug-likeness (QED) is 0.369. The Kier molecular flexibility index (Phi) is 6.75. The molecule has 0 atom stereocenters. The fraction of sp³-hybridized carbons (Fsp3) is 0.345. The maximum Gasteiger partial charge on any atom is 0.322 e. The summed E-state index contributed by atoms with van der Waals surface area (Å²) in [6.45, 7) is 3.97. The molecular formula is C29H30N6O4S. The van der Waals surface area contributed by atoms with Crippen LogP contribution in [0.25, 0.3) is 10.2 Å². The molecule has 2 aromatic heterocycles. The van der Waals surface area contributed by atoms with Crippen molar-refractivity contribution in [3.05, 3.63) is 74.8 Å². The number of piperidine rings is 1. The van der Waals surface area contributed by atoms with Crippen molar-refractivity contribution in [2.75, 3.05) is 37.0 Å². The molecule has 4 heterocycles. The van der Waals surface area contributed by atoms with Gasteiger partial charge in [0.25, 0.3) is 0 Å². The molecular weight excluding hydrogens is 528 g/mol. The molecule has 10 nitrogen and oxygen atoms in total. The summed E-state index contributed by atoms with van der Waals surface area (Å²) < 4.78 is 7.74. The minimum atomic E-state index is -0.204. The number of amides is 2. The zero-order valence-electron chi connectivity index (χ0n) is 22.6. The Morgan fingerprint density at radius 3 is 2.65 bits per heavy atom. The van der Waals surface area contributed by atoms with Gasteiger partial charge in [0.15, 0.2) is 0 Å². The van der Waals surface area contributed by atoms with E-state index in [0.717, 1.165) is 63.4 Å². The molecule has 1 saturated heterocycles. The Morgan fingerprint density at radius 1 is 1.07 bits per heavy atom. The summed E-state index contributed by atoms with van der Waals surface area (Å²) in [6, 6.07) is 11.1. The molecule has 1 N–H and O–H groups in total. The Labute approximate surface area is 235 Å². The normalized spacial score (nSPS) is 16.0. The number of carbonyl (C=O) groups excluding carboxylic acids is 2. The van der Waals surface area contributed by atoms with E-state index in [9.17, 15) is 14.4 Å². The molecule has 2 aliphatic heterocycles. The van der Waals surface area contributed by atoms with Crippen LogP contribution in [-0.2, 0) is 13.5 Å². The van der Waals surface area contributed by atoms with Crippen molar-refractivity contribution in [2.45, 2.75) is 32.2 Å². The van der Waals surface area contributed by atoms with E-state index in [2.05, 4.69) is 20.2 Å². The van der Waals surface area contributed by atoms with Crippen LogP contribution in [0.4, 0.5) is 16.3 Å². The van der Waals surface area contributed by atoms with Crippen LogP contribution >= 0.6 is 11.3 Å². The highest BCUT2D eigenvalue weighted by molar-refractivity contribution is 7.16. The lowest BCUT2D eigenvalue weighted by Crippen LogP contribution is -2.49. The second-order valence-corrected chi connectivity index (χ2v) is 11.3. The number of anilines is 2. The molecule has 0 spiro atoms. The molecule has 6 rings (SSSR count). The highest BCUT2D eigenvalue weighted by atomic mass is 32.1. The number of urea groups is 1. The van der Waals surface area contributed by atoms with Crippen molar-refractivity contribution >= 4 is 44.9 Å². The predicted molar refractivity (Wildman–Crippen MR) is 155 cm³/mol. The van der Waals surface area contributed by atoms with Gasteiger partial charge < -0.3 is 24.4 Å². The zero-order valence-corrected chi connectivity index (χ0v) is 23.5. The van der Waals surface area contributed by atoms with Crippen LogP contribution in [0.15, 0.2) is 47.5 Å².